The van der Waals surface area contributed by atoms with Crippen molar-refractivity contribution in [2.24, 2.45) is 5.73 Å². The largest absolute Gasteiger partial charge is 0.494 e. The Morgan fingerprint density at radius 1 is 1.37 bits per heavy atom. The normalized spacial score (nSPS) is 11.6. The summed E-state index contributed by atoms with van der Waals surface area (Å²) in [5, 5.41) is 19.9. The lowest BCUT2D eigenvalue weighted by Crippen LogP contribution is -2.43. The Bertz CT molecular complexity index is 579. The van der Waals surface area contributed by atoms with Crippen LogP contribution in [0.25, 0.3) is 0 Å². The van der Waals surface area contributed by atoms with E-state index in [1.807, 2.05) is 10.3 Å². The maximum atomic E-state index is 11.7. The molecule has 1 atom stereocenters. The van der Waals surface area contributed by atoms with Gasteiger partial charge in [0.25, 0.3) is 11.5 Å². The molecule has 0 aliphatic rings. The lowest BCUT2D eigenvalue weighted by molar-refractivity contribution is -0.140. The second-order valence-electron chi connectivity index (χ2n) is 3.65. The van der Waals surface area contributed by atoms with E-state index in [0.29, 0.717) is 0 Å². The third-order valence-electron chi connectivity index (χ3n) is 2.10. The van der Waals surface area contributed by atoms with Crippen LogP contribution in [0.5, 0.6) is 5.88 Å². The lowest BCUT2D eigenvalue weighted by Gasteiger charge is -2.12. The number of aromatic nitrogens is 1. The van der Waals surface area contributed by atoms with Gasteiger partial charge in [-0.05, 0) is 0 Å². The number of primary amides is 1. The summed E-state index contributed by atoms with van der Waals surface area (Å²) in [7, 11) is 0. The zero-order valence-electron chi connectivity index (χ0n) is 9.54. The summed E-state index contributed by atoms with van der Waals surface area (Å²) in [6.45, 7) is 0. The van der Waals surface area contributed by atoms with Crippen LogP contribution in [0.3, 0.4) is 0 Å². The number of nitrogens with one attached hydrogen (secondary N) is 2. The average molecular weight is 269 g/mol. The maximum Gasteiger partial charge on any atom is 0.326 e. The van der Waals surface area contributed by atoms with Crippen LogP contribution in [0.2, 0.25) is 0 Å². The zero-order valence-corrected chi connectivity index (χ0v) is 9.54. The quantitative estimate of drug-likeness (QED) is 0.420. The molecule has 0 aliphatic carbocycles. The van der Waals surface area contributed by atoms with Crippen molar-refractivity contribution in [1.82, 2.24) is 10.3 Å². The molecule has 0 spiro atoms. The molecule has 6 N–H and O–H groups in total. The standard InChI is InChI=1S/C10H11N3O6/c11-6(14)3-5(10(18)19)12-9(17)4-1-7(15)13-8(16)2-4/h1-2,5H,3H2,(H2,11,14)(H,12,17)(H,18,19)(H2,13,15,16)/t5-/m0/s1. The molecule has 0 saturated heterocycles. The van der Waals surface area contributed by atoms with Gasteiger partial charge in [0.1, 0.15) is 6.04 Å². The Balaban J connectivity index is 2.90. The molecule has 1 heterocycles. The van der Waals surface area contributed by atoms with Crippen LogP contribution in [-0.2, 0) is 9.59 Å². The van der Waals surface area contributed by atoms with Gasteiger partial charge in [0.2, 0.25) is 5.91 Å². The van der Waals surface area contributed by atoms with E-state index >= 15 is 0 Å². The van der Waals surface area contributed by atoms with E-state index in [1.54, 1.807) is 0 Å². The maximum absolute atomic E-state index is 11.7. The van der Waals surface area contributed by atoms with Crippen molar-refractivity contribution in [3.8, 4) is 5.88 Å². The Morgan fingerprint density at radius 2 is 2.00 bits per heavy atom. The van der Waals surface area contributed by atoms with E-state index in [0.717, 1.165) is 12.1 Å². The predicted molar refractivity (Wildman–Crippen MR) is 61.4 cm³/mol. The molecule has 9 nitrogen and oxygen atoms in total. The van der Waals surface area contributed by atoms with Crippen LogP contribution in [0.4, 0.5) is 0 Å². The molecule has 1 aromatic heterocycles. The first-order valence-electron chi connectivity index (χ1n) is 5.05. The number of amides is 2. The first-order chi connectivity index (χ1) is 8.79. The number of rotatable bonds is 5. The summed E-state index contributed by atoms with van der Waals surface area (Å²) in [5.41, 5.74) is 3.88. The molecule has 0 unspecified atom stereocenters. The van der Waals surface area contributed by atoms with Gasteiger partial charge in [0.15, 0.2) is 5.88 Å². The molecule has 0 bridgehead atoms. The molecule has 9 heteroatoms. The smallest absolute Gasteiger partial charge is 0.326 e. The van der Waals surface area contributed by atoms with E-state index in [1.165, 1.54) is 0 Å². The zero-order chi connectivity index (χ0) is 14.6. The van der Waals surface area contributed by atoms with Gasteiger partial charge in [-0.1, -0.05) is 0 Å². The Morgan fingerprint density at radius 3 is 2.47 bits per heavy atom. The van der Waals surface area contributed by atoms with E-state index in [9.17, 15) is 19.2 Å². The molecule has 0 saturated carbocycles. The number of aromatic hydroxyl groups is 1. The number of nitrogens with two attached hydrogens (primary N) is 1. The van der Waals surface area contributed by atoms with E-state index in [4.69, 9.17) is 15.9 Å². The van der Waals surface area contributed by atoms with Crippen LogP contribution in [0.1, 0.15) is 16.8 Å². The fourth-order valence-electron chi connectivity index (χ4n) is 1.30. The van der Waals surface area contributed by atoms with Crippen molar-refractivity contribution < 1.29 is 24.6 Å². The Labute approximate surface area is 106 Å². The molecule has 0 aromatic carbocycles. The van der Waals surface area contributed by atoms with Gasteiger partial charge in [-0.2, -0.15) is 0 Å². The number of carboxylic acids is 1. The van der Waals surface area contributed by atoms with Gasteiger partial charge in [-0.3, -0.25) is 19.4 Å². The topological polar surface area (TPSA) is 163 Å². The van der Waals surface area contributed by atoms with E-state index in [2.05, 4.69) is 0 Å². The van der Waals surface area contributed by atoms with Crippen molar-refractivity contribution >= 4 is 17.8 Å². The SMILES string of the molecule is NC(=O)C[C@H](NC(=O)c1cc(O)[nH]c(=O)c1)C(=O)O. The number of H-pyrrole nitrogens is 1. The number of carbonyl (C=O) groups excluding carboxylic acids is 2. The average Bonchev–Trinajstić information content (AvgIpc) is 2.25. The van der Waals surface area contributed by atoms with Crippen molar-refractivity contribution in [2.75, 3.05) is 0 Å². The molecular weight excluding hydrogens is 258 g/mol. The first kappa shape index (κ1) is 14.2. The molecule has 2 amide bonds. The summed E-state index contributed by atoms with van der Waals surface area (Å²) in [4.78, 5) is 46.1. The van der Waals surface area contributed by atoms with Gasteiger partial charge >= 0.3 is 5.97 Å². The van der Waals surface area contributed by atoms with E-state index in [-0.39, 0.29) is 5.56 Å². The second kappa shape index (κ2) is 5.67. The fourth-order valence-corrected chi connectivity index (χ4v) is 1.30. The minimum atomic E-state index is -1.51. The lowest BCUT2D eigenvalue weighted by atomic mass is 10.1. The summed E-state index contributed by atoms with van der Waals surface area (Å²) >= 11 is 0. The number of aliphatic carboxylic acids is 1. The van der Waals surface area contributed by atoms with Crippen LogP contribution >= 0.6 is 0 Å². The summed E-state index contributed by atoms with van der Waals surface area (Å²) < 4.78 is 0. The number of carbonyl (C=O) groups is 3. The van der Waals surface area contributed by atoms with Crippen LogP contribution in [0.15, 0.2) is 16.9 Å². The molecule has 19 heavy (non-hydrogen) atoms. The van der Waals surface area contributed by atoms with Crippen LogP contribution < -0.4 is 16.6 Å². The van der Waals surface area contributed by atoms with Gasteiger partial charge in [0.05, 0.1) is 12.0 Å². The minimum Gasteiger partial charge on any atom is -0.494 e. The number of pyridine rings is 1. The van der Waals surface area contributed by atoms with Gasteiger partial charge in [-0.15, -0.1) is 0 Å². The fraction of sp³-hybridized carbons (Fsp3) is 0.200. The van der Waals surface area contributed by atoms with Crippen molar-refractivity contribution in [3.05, 3.63) is 28.0 Å². The van der Waals surface area contributed by atoms with Crippen LogP contribution in [0, 0.1) is 0 Å². The number of carboxylic acid groups (broad SMARTS) is 1. The highest BCUT2D eigenvalue weighted by Gasteiger charge is 2.23. The van der Waals surface area contributed by atoms with Crippen LogP contribution in [-0.4, -0.2) is 39.0 Å². The molecule has 0 aliphatic heterocycles. The highest BCUT2D eigenvalue weighted by Crippen LogP contribution is 2.05. The highest BCUT2D eigenvalue weighted by molar-refractivity contribution is 5.97. The van der Waals surface area contributed by atoms with Gasteiger partial charge in [-0.25, -0.2) is 4.79 Å². The molecule has 1 aromatic rings. The molecular formula is C10H11N3O6. The molecule has 102 valence electrons. The number of hydrogen-bond donors (Lipinski definition) is 5. The van der Waals surface area contributed by atoms with Gasteiger partial charge < -0.3 is 21.3 Å². The second-order valence-corrected chi connectivity index (χ2v) is 3.65. The summed E-state index contributed by atoms with van der Waals surface area (Å²) in [5.74, 6) is -3.81. The molecule has 0 fully saturated rings. The highest BCUT2D eigenvalue weighted by atomic mass is 16.4. The minimum absolute atomic E-state index is 0.239. The van der Waals surface area contributed by atoms with Crippen molar-refractivity contribution in [3.63, 3.8) is 0 Å². The Hall–Kier alpha value is -2.84. The van der Waals surface area contributed by atoms with Crippen molar-refractivity contribution in [2.45, 2.75) is 12.5 Å². The van der Waals surface area contributed by atoms with Gasteiger partial charge in [0, 0.05) is 12.1 Å². The van der Waals surface area contributed by atoms with E-state index < -0.39 is 41.7 Å². The summed E-state index contributed by atoms with van der Waals surface area (Å²) in [6.07, 6.45) is -0.587. The summed E-state index contributed by atoms with van der Waals surface area (Å²) in [6, 6.07) is 0.310. The molecule has 1 rings (SSSR count). The third-order valence-corrected chi connectivity index (χ3v) is 2.10. The monoisotopic (exact) mass is 269 g/mol. The van der Waals surface area contributed by atoms with Crippen molar-refractivity contribution in [1.29, 1.82) is 0 Å². The number of hydrogen-bond acceptors (Lipinski definition) is 5. The third kappa shape index (κ3) is 4.15. The predicted octanol–water partition coefficient (Wildman–Crippen LogP) is -1.86. The first-order valence-corrected chi connectivity index (χ1v) is 5.05. The molecule has 0 radical (unpaired) electrons. The number of aromatic amines is 1. The Kier molecular flexibility index (Phi) is 4.24.